The van der Waals surface area contributed by atoms with Crippen molar-refractivity contribution >= 4 is 0 Å². The van der Waals surface area contributed by atoms with E-state index in [0.29, 0.717) is 5.41 Å². The average molecular weight is 269 g/mol. The molecule has 0 amide bonds. The molecule has 1 aliphatic heterocycles. The minimum atomic E-state index is 0.444. The first-order valence-corrected chi connectivity index (χ1v) is 8.21. The van der Waals surface area contributed by atoms with E-state index in [1.165, 1.54) is 44.1 Å². The van der Waals surface area contributed by atoms with Crippen LogP contribution in [0.4, 0.5) is 0 Å². The molecule has 0 aromatic rings. The van der Waals surface area contributed by atoms with Crippen molar-refractivity contribution in [2.24, 2.45) is 23.2 Å². The highest BCUT2D eigenvalue weighted by Gasteiger charge is 2.50. The summed E-state index contributed by atoms with van der Waals surface area (Å²) >= 11 is 0. The van der Waals surface area contributed by atoms with Gasteiger partial charge in [0, 0.05) is 0 Å². The molecule has 20 heavy (non-hydrogen) atoms. The Morgan fingerprint density at radius 1 is 1.10 bits per heavy atom. The van der Waals surface area contributed by atoms with Crippen LogP contribution in [0.2, 0.25) is 0 Å². The van der Waals surface area contributed by atoms with E-state index in [0.717, 1.165) is 43.0 Å². The predicted molar refractivity (Wildman–Crippen MR) is 77.6 cm³/mol. The Morgan fingerprint density at radius 3 is 2.35 bits per heavy atom. The lowest BCUT2D eigenvalue weighted by atomic mass is 9.49. The van der Waals surface area contributed by atoms with Crippen LogP contribution in [0.25, 0.3) is 0 Å². The fourth-order valence-electron chi connectivity index (χ4n) is 5.72. The predicted octanol–water partition coefficient (Wildman–Crippen LogP) is 4.35. The second-order valence-electron chi connectivity index (χ2n) is 7.54. The molecule has 4 saturated carbocycles. The maximum Gasteiger partial charge on any atom is 0.132 e. The van der Waals surface area contributed by atoms with E-state index in [-0.39, 0.29) is 0 Å². The van der Waals surface area contributed by atoms with Gasteiger partial charge in [0.25, 0.3) is 0 Å². The van der Waals surface area contributed by atoms with E-state index in [9.17, 15) is 0 Å². The van der Waals surface area contributed by atoms with Gasteiger partial charge in [0.2, 0.25) is 0 Å². The maximum absolute atomic E-state index is 8.93. The summed E-state index contributed by atoms with van der Waals surface area (Å²) in [5.74, 6) is 3.79. The van der Waals surface area contributed by atoms with E-state index in [1.807, 2.05) is 0 Å². The monoisotopic (exact) mass is 269 g/mol. The molecule has 0 atom stereocenters. The van der Waals surface area contributed by atoms with E-state index in [2.05, 4.69) is 12.1 Å². The molecule has 2 heteroatoms. The summed E-state index contributed by atoms with van der Waals surface area (Å²) in [6.07, 6.45) is 15.0. The molecule has 0 spiro atoms. The first-order valence-electron chi connectivity index (χ1n) is 8.21. The molecule has 5 rings (SSSR count). The Bertz CT molecular complexity index is 473. The van der Waals surface area contributed by atoms with Crippen LogP contribution in [0.5, 0.6) is 0 Å². The second-order valence-corrected chi connectivity index (χ2v) is 7.54. The normalized spacial score (nSPS) is 46.5. The highest BCUT2D eigenvalue weighted by atomic mass is 16.5. The van der Waals surface area contributed by atoms with Crippen LogP contribution in [0.1, 0.15) is 51.4 Å². The minimum Gasteiger partial charge on any atom is -0.493 e. The van der Waals surface area contributed by atoms with Gasteiger partial charge in [-0.3, -0.25) is 0 Å². The molecular formula is C18H23NO. The van der Waals surface area contributed by atoms with E-state index >= 15 is 0 Å². The molecule has 0 N–H and O–H groups in total. The van der Waals surface area contributed by atoms with Crippen LogP contribution in [-0.4, -0.2) is 6.61 Å². The summed E-state index contributed by atoms with van der Waals surface area (Å²) in [4.78, 5) is 0. The van der Waals surface area contributed by atoms with Crippen molar-refractivity contribution in [2.75, 3.05) is 6.61 Å². The first kappa shape index (κ1) is 12.5. The second kappa shape index (κ2) is 4.65. The standard InChI is InChI=1S/C18H23NO/c19-4-3-17-16(2-1-5-20-17)12-18-9-13-6-14(10-18)8-15(7-13)11-18/h3,12-15H,1-2,5-11H2/b16-12+,17-3-. The van der Waals surface area contributed by atoms with Gasteiger partial charge in [0.05, 0.1) is 18.8 Å². The lowest BCUT2D eigenvalue weighted by Gasteiger charge is -2.56. The van der Waals surface area contributed by atoms with Gasteiger partial charge in [-0.1, -0.05) is 6.08 Å². The van der Waals surface area contributed by atoms with Crippen molar-refractivity contribution in [1.82, 2.24) is 0 Å². The van der Waals surface area contributed by atoms with Crippen LogP contribution in [-0.2, 0) is 4.74 Å². The average Bonchev–Trinajstić information content (AvgIpc) is 2.39. The Labute approximate surface area is 121 Å². The van der Waals surface area contributed by atoms with Gasteiger partial charge in [0.15, 0.2) is 0 Å². The van der Waals surface area contributed by atoms with Gasteiger partial charge < -0.3 is 4.74 Å². The number of nitrogens with zero attached hydrogens (tertiary/aromatic N) is 1. The molecule has 5 aliphatic rings. The fourth-order valence-corrected chi connectivity index (χ4v) is 5.72. The van der Waals surface area contributed by atoms with Crippen molar-refractivity contribution < 1.29 is 4.74 Å². The molecular weight excluding hydrogens is 246 g/mol. The number of rotatable bonds is 1. The van der Waals surface area contributed by atoms with Crippen molar-refractivity contribution in [3.05, 3.63) is 23.5 Å². The topological polar surface area (TPSA) is 33.0 Å². The molecule has 0 radical (unpaired) electrons. The third kappa shape index (κ3) is 2.08. The molecule has 4 bridgehead atoms. The Hall–Kier alpha value is -1.23. The third-order valence-electron chi connectivity index (χ3n) is 5.93. The summed E-state index contributed by atoms with van der Waals surface area (Å²) in [7, 11) is 0. The van der Waals surface area contributed by atoms with Gasteiger partial charge in [0.1, 0.15) is 5.76 Å². The van der Waals surface area contributed by atoms with E-state index in [1.54, 1.807) is 6.08 Å². The van der Waals surface area contributed by atoms with Crippen LogP contribution in [0, 0.1) is 34.5 Å². The smallest absolute Gasteiger partial charge is 0.132 e. The molecule has 4 aliphatic carbocycles. The number of hydrogen-bond acceptors (Lipinski definition) is 2. The molecule has 1 heterocycles. The molecule has 0 aromatic heterocycles. The molecule has 5 fully saturated rings. The van der Waals surface area contributed by atoms with Crippen molar-refractivity contribution in [1.29, 1.82) is 5.26 Å². The highest BCUT2D eigenvalue weighted by Crippen LogP contribution is 2.61. The van der Waals surface area contributed by atoms with Gasteiger partial charge in [-0.15, -0.1) is 0 Å². The van der Waals surface area contributed by atoms with Gasteiger partial charge >= 0.3 is 0 Å². The molecule has 0 unspecified atom stereocenters. The highest BCUT2D eigenvalue weighted by molar-refractivity contribution is 5.33. The summed E-state index contributed by atoms with van der Waals surface area (Å²) in [6, 6.07) is 2.15. The van der Waals surface area contributed by atoms with Crippen molar-refractivity contribution in [3.8, 4) is 6.07 Å². The summed E-state index contributed by atoms with van der Waals surface area (Å²) in [6.45, 7) is 0.770. The quantitative estimate of drug-likeness (QED) is 0.663. The third-order valence-corrected chi connectivity index (χ3v) is 5.93. The maximum atomic E-state index is 8.93. The lowest BCUT2D eigenvalue weighted by Crippen LogP contribution is -2.45. The SMILES string of the molecule is N#C/C=C1\OCCC\C1=C/C12CC3CC(CC(C3)C1)C2. The summed E-state index contributed by atoms with van der Waals surface area (Å²) in [5, 5.41) is 8.93. The van der Waals surface area contributed by atoms with Gasteiger partial charge in [-0.25, -0.2) is 0 Å². The Kier molecular flexibility index (Phi) is 2.91. The fraction of sp³-hybridized carbons (Fsp3) is 0.722. The lowest BCUT2D eigenvalue weighted by molar-refractivity contribution is -0.0245. The minimum absolute atomic E-state index is 0.444. The van der Waals surface area contributed by atoms with Crippen LogP contribution in [0.15, 0.2) is 23.5 Å². The Morgan fingerprint density at radius 2 is 1.75 bits per heavy atom. The first-order chi connectivity index (χ1) is 9.76. The van der Waals surface area contributed by atoms with Crippen molar-refractivity contribution in [2.45, 2.75) is 51.4 Å². The largest absolute Gasteiger partial charge is 0.493 e. The molecule has 2 nitrogen and oxygen atoms in total. The van der Waals surface area contributed by atoms with Crippen LogP contribution in [0.3, 0.4) is 0 Å². The molecule has 0 aromatic carbocycles. The van der Waals surface area contributed by atoms with E-state index in [4.69, 9.17) is 10.00 Å². The van der Waals surface area contributed by atoms with Crippen LogP contribution >= 0.6 is 0 Å². The van der Waals surface area contributed by atoms with Gasteiger partial charge in [-0.05, 0) is 80.1 Å². The summed E-state index contributed by atoms with van der Waals surface area (Å²) < 4.78 is 5.72. The number of ether oxygens (including phenoxy) is 1. The van der Waals surface area contributed by atoms with Crippen LogP contribution < -0.4 is 0 Å². The zero-order valence-electron chi connectivity index (χ0n) is 12.1. The molecule has 1 saturated heterocycles. The zero-order chi connectivity index (χ0) is 13.6. The van der Waals surface area contributed by atoms with Crippen molar-refractivity contribution in [3.63, 3.8) is 0 Å². The number of allylic oxidation sites excluding steroid dienone is 3. The zero-order valence-corrected chi connectivity index (χ0v) is 12.1. The van der Waals surface area contributed by atoms with Gasteiger partial charge in [-0.2, -0.15) is 5.26 Å². The van der Waals surface area contributed by atoms with E-state index < -0.39 is 0 Å². The number of nitriles is 1. The Balaban J connectivity index is 1.65. The molecule has 106 valence electrons. The summed E-state index contributed by atoms with van der Waals surface area (Å²) in [5.41, 5.74) is 1.76. The number of hydrogen-bond donors (Lipinski definition) is 0.